The minimum absolute atomic E-state index is 0.0113. The number of hydrogen-bond acceptors (Lipinski definition) is 2. The number of aromatic amines is 1. The quantitative estimate of drug-likeness (QED) is 0.767. The summed E-state index contributed by atoms with van der Waals surface area (Å²) >= 11 is 0. The smallest absolute Gasteiger partial charge is 0.253 e. The van der Waals surface area contributed by atoms with Gasteiger partial charge in [-0.25, -0.2) is 8.78 Å². The summed E-state index contributed by atoms with van der Waals surface area (Å²) in [4.78, 5) is 27.1. The van der Waals surface area contributed by atoms with Gasteiger partial charge in [0.2, 0.25) is 0 Å². The summed E-state index contributed by atoms with van der Waals surface area (Å²) in [5, 5.41) is 3.42. The molecule has 0 spiro atoms. The highest BCUT2D eigenvalue weighted by atomic mass is 19.2. The van der Waals surface area contributed by atoms with Crippen LogP contribution in [0.5, 0.6) is 0 Å². The molecule has 0 aliphatic carbocycles. The lowest BCUT2D eigenvalue weighted by atomic mass is 10.1. The van der Waals surface area contributed by atoms with Gasteiger partial charge in [0.05, 0.1) is 5.52 Å². The molecule has 3 aromatic rings. The van der Waals surface area contributed by atoms with Crippen LogP contribution in [0.2, 0.25) is 0 Å². The van der Waals surface area contributed by atoms with Gasteiger partial charge in [-0.1, -0.05) is 11.6 Å². The fourth-order valence-corrected chi connectivity index (χ4v) is 2.78. The van der Waals surface area contributed by atoms with Crippen LogP contribution in [0.15, 0.2) is 41.2 Å². The monoisotopic (exact) mass is 342 g/mol. The summed E-state index contributed by atoms with van der Waals surface area (Å²) in [6.07, 6.45) is 0. The number of rotatable bonds is 3. The van der Waals surface area contributed by atoms with E-state index in [9.17, 15) is 18.4 Å². The molecule has 1 aromatic heterocycles. The lowest BCUT2D eigenvalue weighted by Crippen LogP contribution is -2.27. The number of aromatic nitrogens is 1. The third kappa shape index (κ3) is 3.42. The van der Waals surface area contributed by atoms with Crippen LogP contribution < -0.4 is 10.9 Å². The number of H-pyrrole nitrogens is 1. The van der Waals surface area contributed by atoms with E-state index >= 15 is 0 Å². The van der Waals surface area contributed by atoms with Crippen LogP contribution in [0.3, 0.4) is 0 Å². The van der Waals surface area contributed by atoms with Crippen molar-refractivity contribution in [3.63, 3.8) is 0 Å². The van der Waals surface area contributed by atoms with E-state index in [0.29, 0.717) is 5.56 Å². The van der Waals surface area contributed by atoms with Crippen molar-refractivity contribution in [2.75, 3.05) is 0 Å². The maximum Gasteiger partial charge on any atom is 0.253 e. The van der Waals surface area contributed by atoms with Crippen molar-refractivity contribution in [1.82, 2.24) is 10.3 Å². The number of carbonyl (C=O) groups excluding carboxylic acids is 1. The number of benzene rings is 2. The predicted molar refractivity (Wildman–Crippen MR) is 91.6 cm³/mol. The van der Waals surface area contributed by atoms with Crippen LogP contribution in [0.25, 0.3) is 10.9 Å². The van der Waals surface area contributed by atoms with Crippen LogP contribution in [0, 0.1) is 25.5 Å². The fraction of sp³-hybridized carbons (Fsp3) is 0.158. The predicted octanol–water partition coefficient (Wildman–Crippen LogP) is 3.35. The lowest BCUT2D eigenvalue weighted by molar-refractivity contribution is 0.0950. The molecule has 6 heteroatoms. The maximum absolute atomic E-state index is 13.2. The molecule has 1 amide bonds. The highest BCUT2D eigenvalue weighted by Crippen LogP contribution is 2.18. The second-order valence-electron chi connectivity index (χ2n) is 5.98. The zero-order valence-corrected chi connectivity index (χ0v) is 13.7. The third-order valence-electron chi connectivity index (χ3n) is 3.99. The Kier molecular flexibility index (Phi) is 4.35. The van der Waals surface area contributed by atoms with Crippen molar-refractivity contribution in [2.45, 2.75) is 20.4 Å². The molecule has 0 bridgehead atoms. The van der Waals surface area contributed by atoms with E-state index in [0.717, 1.165) is 34.2 Å². The van der Waals surface area contributed by atoms with Crippen LogP contribution >= 0.6 is 0 Å². The highest BCUT2D eigenvalue weighted by Gasteiger charge is 2.11. The van der Waals surface area contributed by atoms with Crippen molar-refractivity contribution in [3.8, 4) is 0 Å². The summed E-state index contributed by atoms with van der Waals surface area (Å²) in [5.74, 6) is -2.70. The summed E-state index contributed by atoms with van der Waals surface area (Å²) in [7, 11) is 0. The Morgan fingerprint density at radius 2 is 1.84 bits per heavy atom. The Morgan fingerprint density at radius 3 is 2.56 bits per heavy atom. The summed E-state index contributed by atoms with van der Waals surface area (Å²) in [6, 6.07) is 8.53. The van der Waals surface area contributed by atoms with Gasteiger partial charge in [-0.05, 0) is 55.1 Å². The number of aryl methyl sites for hydroxylation is 2. The van der Waals surface area contributed by atoms with Gasteiger partial charge in [-0.2, -0.15) is 0 Å². The zero-order chi connectivity index (χ0) is 18.1. The van der Waals surface area contributed by atoms with E-state index in [-0.39, 0.29) is 17.7 Å². The molecule has 0 aliphatic heterocycles. The molecule has 0 unspecified atom stereocenters. The standard InChI is InChI=1S/C19H16F2N2O2/c1-10-5-11(2)17-13(6-10)7-14(19(25)23-17)9-22-18(24)12-3-4-15(20)16(21)8-12/h3-8H,9H2,1-2H3,(H,22,24)(H,23,25). The highest BCUT2D eigenvalue weighted by molar-refractivity contribution is 5.94. The Bertz CT molecular complexity index is 1040. The van der Waals surface area contributed by atoms with Gasteiger partial charge in [0.1, 0.15) is 0 Å². The molecular weight excluding hydrogens is 326 g/mol. The lowest BCUT2D eigenvalue weighted by Gasteiger charge is -2.08. The Labute approximate surface area is 142 Å². The topological polar surface area (TPSA) is 62.0 Å². The molecule has 2 aromatic carbocycles. The first-order chi connectivity index (χ1) is 11.8. The largest absolute Gasteiger partial charge is 0.348 e. The van der Waals surface area contributed by atoms with Gasteiger partial charge in [0.25, 0.3) is 11.5 Å². The number of carbonyl (C=O) groups is 1. The molecule has 0 atom stereocenters. The van der Waals surface area contributed by atoms with Crippen LogP contribution in [0.1, 0.15) is 27.0 Å². The molecule has 128 valence electrons. The van der Waals surface area contributed by atoms with Crippen LogP contribution in [-0.2, 0) is 6.54 Å². The SMILES string of the molecule is Cc1cc(C)c2[nH]c(=O)c(CNC(=O)c3ccc(F)c(F)c3)cc2c1. The number of fused-ring (bicyclic) bond motifs is 1. The first-order valence-corrected chi connectivity index (χ1v) is 7.71. The molecule has 0 saturated heterocycles. The maximum atomic E-state index is 13.2. The molecular formula is C19H16F2N2O2. The minimum atomic E-state index is -1.10. The Hall–Kier alpha value is -3.02. The second kappa shape index (κ2) is 6.47. The minimum Gasteiger partial charge on any atom is -0.348 e. The molecule has 0 saturated carbocycles. The Balaban J connectivity index is 1.85. The molecule has 4 nitrogen and oxygen atoms in total. The van der Waals surface area contributed by atoms with Crippen molar-refractivity contribution in [2.24, 2.45) is 0 Å². The van der Waals surface area contributed by atoms with Gasteiger partial charge < -0.3 is 10.3 Å². The molecule has 2 N–H and O–H groups in total. The van der Waals surface area contributed by atoms with Crippen molar-refractivity contribution in [3.05, 3.63) is 80.6 Å². The number of pyridine rings is 1. The van der Waals surface area contributed by atoms with Gasteiger partial charge in [-0.3, -0.25) is 9.59 Å². The van der Waals surface area contributed by atoms with E-state index in [4.69, 9.17) is 0 Å². The van der Waals surface area contributed by atoms with Crippen molar-refractivity contribution in [1.29, 1.82) is 0 Å². The van der Waals surface area contributed by atoms with Crippen LogP contribution in [-0.4, -0.2) is 10.9 Å². The first-order valence-electron chi connectivity index (χ1n) is 7.71. The number of nitrogens with one attached hydrogen (secondary N) is 2. The summed E-state index contributed by atoms with van der Waals surface area (Å²) in [5.41, 5.74) is 2.85. The van der Waals surface area contributed by atoms with Crippen molar-refractivity contribution < 1.29 is 13.6 Å². The van der Waals surface area contributed by atoms with Gasteiger partial charge >= 0.3 is 0 Å². The van der Waals surface area contributed by atoms with E-state index in [1.807, 2.05) is 26.0 Å². The molecule has 3 rings (SSSR count). The molecule has 0 radical (unpaired) electrons. The van der Waals surface area contributed by atoms with Crippen LogP contribution in [0.4, 0.5) is 8.78 Å². The normalized spacial score (nSPS) is 10.9. The average molecular weight is 342 g/mol. The number of halogens is 2. The number of hydrogen-bond donors (Lipinski definition) is 2. The molecule has 0 fully saturated rings. The van der Waals surface area contributed by atoms with Gasteiger partial charge in [-0.15, -0.1) is 0 Å². The van der Waals surface area contributed by atoms with E-state index in [2.05, 4.69) is 10.3 Å². The average Bonchev–Trinajstić information content (AvgIpc) is 2.56. The zero-order valence-electron chi connectivity index (χ0n) is 13.7. The fourth-order valence-electron chi connectivity index (χ4n) is 2.78. The molecule has 25 heavy (non-hydrogen) atoms. The van der Waals surface area contributed by atoms with Gasteiger partial charge in [0.15, 0.2) is 11.6 Å². The van der Waals surface area contributed by atoms with E-state index in [1.165, 1.54) is 6.07 Å². The van der Waals surface area contributed by atoms with E-state index in [1.54, 1.807) is 6.07 Å². The van der Waals surface area contributed by atoms with Gasteiger partial charge in [0, 0.05) is 17.7 Å². The summed E-state index contributed by atoms with van der Waals surface area (Å²) in [6.45, 7) is 3.86. The Morgan fingerprint density at radius 1 is 1.08 bits per heavy atom. The molecule has 1 heterocycles. The first kappa shape index (κ1) is 16.8. The van der Waals surface area contributed by atoms with E-state index < -0.39 is 17.5 Å². The third-order valence-corrected chi connectivity index (χ3v) is 3.99. The van der Waals surface area contributed by atoms with Crippen molar-refractivity contribution >= 4 is 16.8 Å². The second-order valence-corrected chi connectivity index (χ2v) is 5.98. The summed E-state index contributed by atoms with van der Waals surface area (Å²) < 4.78 is 26.1. The number of amides is 1. The molecule has 0 aliphatic rings.